The van der Waals surface area contributed by atoms with Crippen molar-refractivity contribution in [2.75, 3.05) is 7.11 Å². The van der Waals surface area contributed by atoms with Crippen LogP contribution < -0.4 is 9.47 Å². The third-order valence-corrected chi connectivity index (χ3v) is 6.63. The second kappa shape index (κ2) is 9.50. The molecule has 0 radical (unpaired) electrons. The molecular formula is C28H21IN2O4. The molecule has 0 aliphatic carbocycles. The topological polar surface area (TPSA) is 68.2 Å². The maximum Gasteiger partial charge on any atom is 0.282 e. The molecule has 4 aromatic rings. The summed E-state index contributed by atoms with van der Waals surface area (Å²) in [6.07, 6.45) is 1.48. The Labute approximate surface area is 216 Å². The minimum atomic E-state index is -0.449. The highest BCUT2D eigenvalue weighted by molar-refractivity contribution is 14.1. The molecule has 0 aromatic heterocycles. The molecule has 174 valence electrons. The van der Waals surface area contributed by atoms with E-state index in [0.29, 0.717) is 40.2 Å². The smallest absolute Gasteiger partial charge is 0.282 e. The summed E-state index contributed by atoms with van der Waals surface area (Å²) in [4.78, 5) is 26.1. The molecule has 1 aliphatic rings. The van der Waals surface area contributed by atoms with Crippen molar-refractivity contribution in [3.05, 3.63) is 104 Å². The molecule has 0 saturated heterocycles. The Kier molecular flexibility index (Phi) is 6.25. The van der Waals surface area contributed by atoms with E-state index in [-0.39, 0.29) is 0 Å². The summed E-state index contributed by atoms with van der Waals surface area (Å²) < 4.78 is 12.4. The molecule has 0 unspecified atom stereocenters. The maximum absolute atomic E-state index is 13.1. The number of hydrogen-bond acceptors (Lipinski definition) is 5. The third kappa shape index (κ3) is 4.39. The molecule has 0 fully saturated rings. The number of amides is 2. The fourth-order valence-corrected chi connectivity index (χ4v) is 4.82. The summed E-state index contributed by atoms with van der Waals surface area (Å²) in [5, 5.41) is 6.70. The Morgan fingerprint density at radius 1 is 0.943 bits per heavy atom. The van der Waals surface area contributed by atoms with Crippen molar-refractivity contribution in [1.29, 1.82) is 0 Å². The molecule has 1 aliphatic heterocycles. The number of carbonyl (C=O) groups excluding carboxylic acids is 2. The van der Waals surface area contributed by atoms with Crippen molar-refractivity contribution in [3.8, 4) is 11.5 Å². The molecule has 5 rings (SSSR count). The maximum atomic E-state index is 13.1. The van der Waals surface area contributed by atoms with E-state index in [0.717, 1.165) is 19.5 Å². The van der Waals surface area contributed by atoms with Gasteiger partial charge in [0.25, 0.3) is 11.8 Å². The molecule has 1 heterocycles. The SMILES string of the molecule is COc1cc(/C=N\N2C(=O)c3cccc4cccc(c34)C2=O)cc(I)c1OCc1ccc(C)cc1. The Bertz CT molecular complexity index is 1440. The molecule has 0 saturated carbocycles. The van der Waals surface area contributed by atoms with E-state index >= 15 is 0 Å². The van der Waals surface area contributed by atoms with Crippen LogP contribution in [0.2, 0.25) is 0 Å². The average Bonchev–Trinajstić information content (AvgIpc) is 2.87. The zero-order valence-corrected chi connectivity index (χ0v) is 21.3. The molecule has 0 atom stereocenters. The van der Waals surface area contributed by atoms with Gasteiger partial charge in [0.05, 0.1) is 28.0 Å². The van der Waals surface area contributed by atoms with Crippen molar-refractivity contribution >= 4 is 51.4 Å². The number of benzene rings is 4. The second-order valence-corrected chi connectivity index (χ2v) is 9.35. The Morgan fingerprint density at radius 2 is 1.60 bits per heavy atom. The van der Waals surface area contributed by atoms with Crippen molar-refractivity contribution in [3.63, 3.8) is 0 Å². The van der Waals surface area contributed by atoms with Gasteiger partial charge in [-0.1, -0.05) is 54.1 Å². The van der Waals surface area contributed by atoms with E-state index in [4.69, 9.17) is 9.47 Å². The number of rotatable bonds is 6. The number of hydrogen-bond donors (Lipinski definition) is 0. The van der Waals surface area contributed by atoms with Crippen LogP contribution in [-0.2, 0) is 6.61 Å². The molecule has 0 N–H and O–H groups in total. The quantitative estimate of drug-likeness (QED) is 0.161. The number of hydrazone groups is 1. The van der Waals surface area contributed by atoms with Crippen LogP contribution in [0.5, 0.6) is 11.5 Å². The summed E-state index contributed by atoms with van der Waals surface area (Å²) >= 11 is 2.18. The molecule has 6 nitrogen and oxygen atoms in total. The van der Waals surface area contributed by atoms with Crippen molar-refractivity contribution in [1.82, 2.24) is 5.01 Å². The zero-order valence-electron chi connectivity index (χ0n) is 19.1. The summed E-state index contributed by atoms with van der Waals surface area (Å²) in [5.74, 6) is 0.263. The van der Waals surface area contributed by atoms with Gasteiger partial charge in [-0.15, -0.1) is 0 Å². The molecule has 0 spiro atoms. The summed E-state index contributed by atoms with van der Waals surface area (Å²) in [5.41, 5.74) is 3.84. The first-order chi connectivity index (χ1) is 17.0. The lowest BCUT2D eigenvalue weighted by Gasteiger charge is -2.23. The first kappa shape index (κ1) is 23.0. The number of nitrogens with zero attached hydrogens (tertiary/aromatic N) is 2. The van der Waals surface area contributed by atoms with E-state index in [1.165, 1.54) is 11.8 Å². The van der Waals surface area contributed by atoms with Crippen LogP contribution in [0, 0.1) is 10.5 Å². The Morgan fingerprint density at radius 3 is 2.23 bits per heavy atom. The van der Waals surface area contributed by atoms with Gasteiger partial charge in [-0.2, -0.15) is 10.1 Å². The normalized spacial score (nSPS) is 13.1. The largest absolute Gasteiger partial charge is 0.493 e. The van der Waals surface area contributed by atoms with Gasteiger partial charge in [-0.25, -0.2) is 0 Å². The van der Waals surface area contributed by atoms with Crippen molar-refractivity contribution < 1.29 is 19.1 Å². The van der Waals surface area contributed by atoms with E-state index < -0.39 is 11.8 Å². The predicted octanol–water partition coefficient (Wildman–Crippen LogP) is 5.97. The lowest BCUT2D eigenvalue weighted by Crippen LogP contribution is -2.36. The number of halogens is 1. The number of ether oxygens (including phenoxy) is 2. The fraction of sp³-hybridized carbons (Fsp3) is 0.107. The van der Waals surface area contributed by atoms with E-state index in [1.807, 2.05) is 49.4 Å². The minimum Gasteiger partial charge on any atom is -0.493 e. The summed E-state index contributed by atoms with van der Waals surface area (Å²) in [6.45, 7) is 2.45. The van der Waals surface area contributed by atoms with Gasteiger partial charge in [-0.3, -0.25) is 9.59 Å². The van der Waals surface area contributed by atoms with Crippen LogP contribution in [0.25, 0.3) is 10.8 Å². The average molecular weight is 576 g/mol. The van der Waals surface area contributed by atoms with Gasteiger partial charge in [0.2, 0.25) is 0 Å². The molecule has 7 heteroatoms. The van der Waals surface area contributed by atoms with E-state index in [9.17, 15) is 9.59 Å². The third-order valence-electron chi connectivity index (χ3n) is 5.83. The molecule has 35 heavy (non-hydrogen) atoms. The van der Waals surface area contributed by atoms with Crippen LogP contribution in [0.15, 0.2) is 77.9 Å². The van der Waals surface area contributed by atoms with Crippen LogP contribution in [0.3, 0.4) is 0 Å². The Balaban J connectivity index is 1.41. The molecule has 2 amide bonds. The lowest BCUT2D eigenvalue weighted by atomic mass is 9.95. The first-order valence-corrected chi connectivity index (χ1v) is 12.0. The first-order valence-electron chi connectivity index (χ1n) is 11.0. The minimum absolute atomic E-state index is 0.405. The zero-order chi connectivity index (χ0) is 24.5. The monoisotopic (exact) mass is 576 g/mol. The number of aryl methyl sites for hydroxylation is 1. The molecular weight excluding hydrogens is 555 g/mol. The Hall–Kier alpha value is -3.72. The number of methoxy groups -OCH3 is 1. The number of imide groups is 1. The highest BCUT2D eigenvalue weighted by Crippen LogP contribution is 2.35. The van der Waals surface area contributed by atoms with Gasteiger partial charge < -0.3 is 9.47 Å². The van der Waals surface area contributed by atoms with Gasteiger partial charge in [0.15, 0.2) is 11.5 Å². The standard InChI is InChI=1S/C28H21IN2O4/c1-17-9-11-18(12-10-17)16-35-26-23(29)13-19(14-24(26)34-2)15-30-31-27(32)21-7-3-5-20-6-4-8-22(25(20)21)28(31)33/h3-15H,16H2,1-2H3/b30-15-. The van der Waals surface area contributed by atoms with Gasteiger partial charge >= 0.3 is 0 Å². The highest BCUT2D eigenvalue weighted by Gasteiger charge is 2.32. The van der Waals surface area contributed by atoms with Crippen molar-refractivity contribution in [2.24, 2.45) is 5.10 Å². The molecule has 4 aromatic carbocycles. The van der Waals surface area contributed by atoms with E-state index in [1.54, 1.807) is 37.4 Å². The van der Waals surface area contributed by atoms with Crippen molar-refractivity contribution in [2.45, 2.75) is 13.5 Å². The summed E-state index contributed by atoms with van der Waals surface area (Å²) in [6, 6.07) is 22.6. The fourth-order valence-electron chi connectivity index (χ4n) is 4.04. The van der Waals surface area contributed by atoms with E-state index in [2.05, 4.69) is 27.7 Å². The van der Waals surface area contributed by atoms with Gasteiger partial charge in [0, 0.05) is 5.39 Å². The lowest BCUT2D eigenvalue weighted by molar-refractivity contribution is 0.0616. The van der Waals surface area contributed by atoms with Gasteiger partial charge in [0.1, 0.15) is 6.61 Å². The van der Waals surface area contributed by atoms with Crippen LogP contribution in [0.4, 0.5) is 0 Å². The summed E-state index contributed by atoms with van der Waals surface area (Å²) in [7, 11) is 1.57. The second-order valence-electron chi connectivity index (χ2n) is 8.18. The van der Waals surface area contributed by atoms with Crippen LogP contribution >= 0.6 is 22.6 Å². The van der Waals surface area contributed by atoms with Gasteiger partial charge in [-0.05, 0) is 70.3 Å². The molecule has 0 bridgehead atoms. The van der Waals surface area contributed by atoms with Crippen LogP contribution in [0.1, 0.15) is 37.4 Å². The highest BCUT2D eigenvalue weighted by atomic mass is 127. The number of carbonyl (C=O) groups is 2. The van der Waals surface area contributed by atoms with Crippen LogP contribution in [-0.4, -0.2) is 30.1 Å². The predicted molar refractivity (Wildman–Crippen MR) is 143 cm³/mol.